The van der Waals surface area contributed by atoms with Gasteiger partial charge in [-0.25, -0.2) is 4.79 Å². The van der Waals surface area contributed by atoms with Crippen LogP contribution >= 0.6 is 23.2 Å². The fraction of sp³-hybridized carbons (Fsp3) is 0.320. The van der Waals surface area contributed by atoms with E-state index in [2.05, 4.69) is 4.90 Å². The van der Waals surface area contributed by atoms with Crippen molar-refractivity contribution in [3.05, 3.63) is 79.8 Å². The van der Waals surface area contributed by atoms with Gasteiger partial charge in [0.25, 0.3) is 0 Å². The standard InChI is InChI=1S/C25H23Cl2NO4/c1-15-11-23(29)31-22-14-17(5-6-18(15)22)30-10-7-21-24(28-8-3-2-4-9-28)19-12-16(26)13-20(27)25(19)32-21/h5-7,11-14,24H,2-4,8-10H2,1H3/b21-7+/t24-/m1/s1. The number of aryl methyl sites for hydroxylation is 1. The van der Waals surface area contributed by atoms with Crippen molar-refractivity contribution in [2.75, 3.05) is 19.7 Å². The van der Waals surface area contributed by atoms with Crippen molar-refractivity contribution in [2.45, 2.75) is 32.2 Å². The van der Waals surface area contributed by atoms with Gasteiger partial charge in [0.15, 0.2) is 5.75 Å². The van der Waals surface area contributed by atoms with Gasteiger partial charge in [0.05, 0.1) is 11.1 Å². The molecule has 0 amide bonds. The number of piperidine rings is 1. The van der Waals surface area contributed by atoms with E-state index in [1.165, 1.54) is 12.5 Å². The molecular formula is C25H23Cl2NO4. The monoisotopic (exact) mass is 471 g/mol. The summed E-state index contributed by atoms with van der Waals surface area (Å²) in [4.78, 5) is 14.1. The van der Waals surface area contributed by atoms with Crippen molar-refractivity contribution < 1.29 is 13.9 Å². The largest absolute Gasteiger partial charge is 0.489 e. The molecule has 0 bridgehead atoms. The molecule has 5 rings (SSSR count). The molecule has 166 valence electrons. The summed E-state index contributed by atoms with van der Waals surface area (Å²) in [6, 6.07) is 10.6. The summed E-state index contributed by atoms with van der Waals surface area (Å²) in [6.45, 7) is 4.19. The number of hydrogen-bond donors (Lipinski definition) is 0. The number of likely N-dealkylation sites (tertiary alicyclic amines) is 1. The Morgan fingerprint density at radius 2 is 1.94 bits per heavy atom. The minimum absolute atomic E-state index is 0.0256. The summed E-state index contributed by atoms with van der Waals surface area (Å²) in [7, 11) is 0. The van der Waals surface area contributed by atoms with Crippen LogP contribution in [0.25, 0.3) is 11.0 Å². The van der Waals surface area contributed by atoms with Crippen LogP contribution in [-0.2, 0) is 0 Å². The first-order valence-corrected chi connectivity index (χ1v) is 11.5. The maximum atomic E-state index is 11.7. The van der Waals surface area contributed by atoms with Crippen LogP contribution in [0.1, 0.15) is 36.4 Å². The fourth-order valence-electron chi connectivity index (χ4n) is 4.54. The lowest BCUT2D eigenvalue weighted by molar-refractivity contribution is 0.170. The molecule has 1 atom stereocenters. The summed E-state index contributed by atoms with van der Waals surface area (Å²) in [5.41, 5.74) is 2.02. The second kappa shape index (κ2) is 8.81. The highest BCUT2D eigenvalue weighted by Gasteiger charge is 2.36. The zero-order valence-electron chi connectivity index (χ0n) is 17.7. The van der Waals surface area contributed by atoms with E-state index in [0.29, 0.717) is 33.7 Å². The van der Waals surface area contributed by atoms with E-state index in [0.717, 1.165) is 48.2 Å². The van der Waals surface area contributed by atoms with Gasteiger partial charge >= 0.3 is 5.63 Å². The third-order valence-electron chi connectivity index (χ3n) is 6.03. The molecule has 0 radical (unpaired) electrons. The molecule has 0 saturated carbocycles. The predicted octanol–water partition coefficient (Wildman–Crippen LogP) is 6.29. The van der Waals surface area contributed by atoms with Crippen LogP contribution in [0, 0.1) is 6.92 Å². The van der Waals surface area contributed by atoms with Crippen molar-refractivity contribution in [3.63, 3.8) is 0 Å². The Hall–Kier alpha value is -2.47. The van der Waals surface area contributed by atoms with Crippen molar-refractivity contribution in [1.82, 2.24) is 4.90 Å². The van der Waals surface area contributed by atoms with Crippen molar-refractivity contribution in [1.29, 1.82) is 0 Å². The third kappa shape index (κ3) is 4.13. The second-order valence-electron chi connectivity index (χ2n) is 8.23. The van der Waals surface area contributed by atoms with Gasteiger partial charge in [-0.1, -0.05) is 29.6 Å². The summed E-state index contributed by atoms with van der Waals surface area (Å²) in [6.07, 6.45) is 5.50. The number of rotatable bonds is 4. The van der Waals surface area contributed by atoms with Gasteiger partial charge in [-0.2, -0.15) is 0 Å². The van der Waals surface area contributed by atoms with Crippen molar-refractivity contribution >= 4 is 34.2 Å². The normalized spacial score (nSPS) is 19.8. The van der Waals surface area contributed by atoms with E-state index in [1.54, 1.807) is 12.1 Å². The molecule has 1 aromatic heterocycles. The van der Waals surface area contributed by atoms with Crippen LogP contribution < -0.4 is 15.1 Å². The van der Waals surface area contributed by atoms with E-state index in [1.807, 2.05) is 31.2 Å². The van der Waals surface area contributed by atoms with Gasteiger partial charge in [0.1, 0.15) is 23.7 Å². The van der Waals surface area contributed by atoms with Crippen LogP contribution in [0.3, 0.4) is 0 Å². The summed E-state index contributed by atoms with van der Waals surface area (Å²) < 4.78 is 17.5. The zero-order valence-corrected chi connectivity index (χ0v) is 19.2. The number of fused-ring (bicyclic) bond motifs is 2. The van der Waals surface area contributed by atoms with Gasteiger partial charge in [-0.05, 0) is 68.8 Å². The number of hydrogen-bond acceptors (Lipinski definition) is 5. The molecule has 0 spiro atoms. The quantitative estimate of drug-likeness (QED) is 0.418. The fourth-order valence-corrected chi connectivity index (χ4v) is 5.09. The van der Waals surface area contributed by atoms with Gasteiger partial charge in [0, 0.05) is 28.1 Å². The first-order chi connectivity index (χ1) is 15.5. The van der Waals surface area contributed by atoms with Crippen molar-refractivity contribution in [2.24, 2.45) is 0 Å². The molecule has 1 saturated heterocycles. The average Bonchev–Trinajstić information content (AvgIpc) is 3.12. The van der Waals surface area contributed by atoms with Crippen LogP contribution in [0.15, 0.2) is 57.4 Å². The number of halogens is 2. The van der Waals surface area contributed by atoms with Gasteiger partial charge in [-0.3, -0.25) is 4.90 Å². The number of ether oxygens (including phenoxy) is 2. The van der Waals surface area contributed by atoms with E-state index in [-0.39, 0.29) is 11.7 Å². The molecule has 3 aromatic rings. The molecular weight excluding hydrogens is 449 g/mol. The highest BCUT2D eigenvalue weighted by Crippen LogP contribution is 2.48. The molecule has 7 heteroatoms. The van der Waals surface area contributed by atoms with Crippen molar-refractivity contribution in [3.8, 4) is 11.5 Å². The van der Waals surface area contributed by atoms with Gasteiger partial charge in [-0.15, -0.1) is 0 Å². The molecule has 2 aliphatic heterocycles. The Kier molecular flexibility index (Phi) is 5.89. The Balaban J connectivity index is 1.40. The van der Waals surface area contributed by atoms with E-state index < -0.39 is 0 Å². The number of benzene rings is 2. The smallest absolute Gasteiger partial charge is 0.336 e. The van der Waals surface area contributed by atoms with Crippen LogP contribution in [0.4, 0.5) is 0 Å². The Bertz CT molecular complexity index is 1260. The minimum Gasteiger partial charge on any atom is -0.489 e. The molecule has 3 heterocycles. The summed E-state index contributed by atoms with van der Waals surface area (Å²) in [5, 5.41) is 2.00. The lowest BCUT2D eigenvalue weighted by Crippen LogP contribution is -2.34. The maximum absolute atomic E-state index is 11.7. The minimum atomic E-state index is -0.369. The maximum Gasteiger partial charge on any atom is 0.336 e. The van der Waals surface area contributed by atoms with Gasteiger partial charge < -0.3 is 13.9 Å². The SMILES string of the molecule is Cc1cc(=O)oc2cc(OC/C=C3/Oc4c(Cl)cc(Cl)cc4[C@H]3N3CCCCC3)ccc12. The molecule has 1 fully saturated rings. The first-order valence-electron chi connectivity index (χ1n) is 10.8. The first kappa shape index (κ1) is 21.4. The van der Waals surface area contributed by atoms with E-state index in [4.69, 9.17) is 37.1 Å². The lowest BCUT2D eigenvalue weighted by Gasteiger charge is -2.32. The number of nitrogens with zero attached hydrogens (tertiary/aromatic N) is 1. The van der Waals surface area contributed by atoms with Crippen LogP contribution in [-0.4, -0.2) is 24.6 Å². The molecule has 32 heavy (non-hydrogen) atoms. The van der Waals surface area contributed by atoms with Gasteiger partial charge in [0.2, 0.25) is 0 Å². The van der Waals surface area contributed by atoms with Crippen LogP contribution in [0.5, 0.6) is 11.5 Å². The van der Waals surface area contributed by atoms with Crippen LogP contribution in [0.2, 0.25) is 10.0 Å². The molecule has 0 aliphatic carbocycles. The van der Waals surface area contributed by atoms with E-state index in [9.17, 15) is 4.79 Å². The second-order valence-corrected chi connectivity index (χ2v) is 9.07. The molecule has 2 aromatic carbocycles. The Morgan fingerprint density at radius 3 is 2.75 bits per heavy atom. The summed E-state index contributed by atoms with van der Waals surface area (Å²) in [5.74, 6) is 2.09. The predicted molar refractivity (Wildman–Crippen MR) is 126 cm³/mol. The molecule has 2 aliphatic rings. The molecule has 5 nitrogen and oxygen atoms in total. The Labute approximate surface area is 196 Å². The average molecular weight is 472 g/mol. The third-order valence-corrected chi connectivity index (χ3v) is 6.53. The lowest BCUT2D eigenvalue weighted by atomic mass is 10.0. The molecule has 0 N–H and O–H groups in total. The molecule has 0 unspecified atom stereocenters. The highest BCUT2D eigenvalue weighted by molar-refractivity contribution is 6.35. The summed E-state index contributed by atoms with van der Waals surface area (Å²) >= 11 is 12.7. The van der Waals surface area contributed by atoms with E-state index >= 15 is 0 Å². The Morgan fingerprint density at radius 1 is 1.12 bits per heavy atom. The topological polar surface area (TPSA) is 51.9 Å². The highest BCUT2D eigenvalue weighted by atomic mass is 35.5. The zero-order chi connectivity index (χ0) is 22.2.